The third-order valence-electron chi connectivity index (χ3n) is 2.53. The number of carbonyl (C=O) groups is 1. The van der Waals surface area contributed by atoms with Crippen LogP contribution in [0.5, 0.6) is 0 Å². The summed E-state index contributed by atoms with van der Waals surface area (Å²) in [7, 11) is 0. The van der Waals surface area contributed by atoms with Crippen molar-refractivity contribution in [2.45, 2.75) is 30.3 Å². The third-order valence-corrected chi connectivity index (χ3v) is 3.38. The largest absolute Gasteiger partial charge is 0.325 e. The molecule has 0 unspecified atom stereocenters. The van der Waals surface area contributed by atoms with Crippen molar-refractivity contribution < 1.29 is 4.79 Å². The lowest BCUT2D eigenvalue weighted by molar-refractivity contribution is -0.115. The summed E-state index contributed by atoms with van der Waals surface area (Å²) < 4.78 is 0. The van der Waals surface area contributed by atoms with Crippen LogP contribution in [0, 0.1) is 25.2 Å². The van der Waals surface area contributed by atoms with Gasteiger partial charge in [-0.15, -0.1) is 0 Å². The molecule has 5 nitrogen and oxygen atoms in total. The Morgan fingerprint density at radius 3 is 2.67 bits per heavy atom. The fraction of sp³-hybridized carbons (Fsp3) is 0.200. The van der Waals surface area contributed by atoms with E-state index in [1.807, 2.05) is 44.2 Å². The van der Waals surface area contributed by atoms with Crippen LogP contribution in [0.1, 0.15) is 17.8 Å². The predicted octanol–water partition coefficient (Wildman–Crippen LogP) is 3.10. The van der Waals surface area contributed by atoms with E-state index in [9.17, 15) is 4.79 Å². The number of hydrogen-bond acceptors (Lipinski definition) is 5. The second-order valence-electron chi connectivity index (χ2n) is 4.45. The molecular formula is C15H14N4OS. The number of nitriles is 1. The molecule has 6 heteroatoms. The van der Waals surface area contributed by atoms with Crippen LogP contribution in [0.15, 0.2) is 40.4 Å². The first-order chi connectivity index (χ1) is 10.1. The van der Waals surface area contributed by atoms with E-state index in [-0.39, 0.29) is 12.3 Å². The highest BCUT2D eigenvalue weighted by molar-refractivity contribution is 7.99. The molecule has 0 aliphatic heterocycles. The lowest BCUT2D eigenvalue weighted by atomic mass is 10.3. The molecule has 0 spiro atoms. The SMILES string of the molecule is Cc1cc(C)nc(Sc2cccc(NC(=O)CC#N)c2)n1. The lowest BCUT2D eigenvalue weighted by Gasteiger charge is -2.06. The highest BCUT2D eigenvalue weighted by Crippen LogP contribution is 2.27. The Balaban J connectivity index is 2.14. The van der Waals surface area contributed by atoms with E-state index in [0.29, 0.717) is 10.8 Å². The van der Waals surface area contributed by atoms with Crippen molar-refractivity contribution in [1.82, 2.24) is 9.97 Å². The van der Waals surface area contributed by atoms with Gasteiger partial charge in [-0.25, -0.2) is 9.97 Å². The van der Waals surface area contributed by atoms with Crippen LogP contribution in [-0.2, 0) is 4.79 Å². The zero-order valence-electron chi connectivity index (χ0n) is 11.8. The smallest absolute Gasteiger partial charge is 0.238 e. The van der Waals surface area contributed by atoms with Crippen LogP contribution in [-0.4, -0.2) is 15.9 Å². The summed E-state index contributed by atoms with van der Waals surface area (Å²) in [6, 6.07) is 11.1. The van der Waals surface area contributed by atoms with E-state index >= 15 is 0 Å². The normalized spacial score (nSPS) is 9.95. The van der Waals surface area contributed by atoms with Gasteiger partial charge in [-0.3, -0.25) is 4.79 Å². The van der Waals surface area contributed by atoms with Gasteiger partial charge in [0.25, 0.3) is 0 Å². The van der Waals surface area contributed by atoms with Crippen LogP contribution >= 0.6 is 11.8 Å². The summed E-state index contributed by atoms with van der Waals surface area (Å²) in [5, 5.41) is 11.8. The van der Waals surface area contributed by atoms with E-state index in [2.05, 4.69) is 15.3 Å². The molecule has 2 rings (SSSR count). The number of nitrogens with one attached hydrogen (secondary N) is 1. The van der Waals surface area contributed by atoms with Crippen molar-refractivity contribution in [2.75, 3.05) is 5.32 Å². The van der Waals surface area contributed by atoms with Gasteiger partial charge < -0.3 is 5.32 Å². The fourth-order valence-corrected chi connectivity index (χ4v) is 2.68. The second kappa shape index (κ2) is 6.86. The van der Waals surface area contributed by atoms with E-state index in [1.54, 1.807) is 6.07 Å². The first-order valence-electron chi connectivity index (χ1n) is 6.34. The average Bonchev–Trinajstić information content (AvgIpc) is 2.37. The Hall–Kier alpha value is -2.39. The van der Waals surface area contributed by atoms with Crippen LogP contribution in [0.25, 0.3) is 0 Å². The molecule has 1 N–H and O–H groups in total. The Labute approximate surface area is 127 Å². The van der Waals surface area contributed by atoms with E-state index < -0.39 is 0 Å². The Kier molecular flexibility index (Phi) is 4.90. The zero-order valence-corrected chi connectivity index (χ0v) is 12.6. The van der Waals surface area contributed by atoms with Crippen LogP contribution < -0.4 is 5.32 Å². The van der Waals surface area contributed by atoms with Gasteiger partial charge in [0.2, 0.25) is 5.91 Å². The molecule has 0 bridgehead atoms. The van der Waals surface area contributed by atoms with E-state index in [4.69, 9.17) is 5.26 Å². The van der Waals surface area contributed by atoms with Crippen molar-refractivity contribution in [1.29, 1.82) is 5.26 Å². The maximum Gasteiger partial charge on any atom is 0.238 e. The van der Waals surface area contributed by atoms with Gasteiger partial charge in [-0.1, -0.05) is 6.07 Å². The number of hydrogen-bond donors (Lipinski definition) is 1. The van der Waals surface area contributed by atoms with Crippen molar-refractivity contribution in [3.63, 3.8) is 0 Å². The molecule has 1 aromatic carbocycles. The van der Waals surface area contributed by atoms with Gasteiger partial charge in [0, 0.05) is 22.0 Å². The number of rotatable bonds is 4. The Morgan fingerprint density at radius 1 is 1.29 bits per heavy atom. The lowest BCUT2D eigenvalue weighted by Crippen LogP contribution is -2.09. The van der Waals surface area contributed by atoms with Crippen LogP contribution in [0.2, 0.25) is 0 Å². The maximum absolute atomic E-state index is 11.4. The standard InChI is InChI=1S/C15H14N4OS/c1-10-8-11(2)18-15(17-10)21-13-5-3-4-12(9-13)19-14(20)6-7-16/h3-5,8-9H,6H2,1-2H3,(H,19,20). The van der Waals surface area contributed by atoms with Crippen LogP contribution in [0.3, 0.4) is 0 Å². The minimum atomic E-state index is -0.317. The van der Waals surface area contributed by atoms with Gasteiger partial charge >= 0.3 is 0 Å². The number of aromatic nitrogens is 2. The predicted molar refractivity (Wildman–Crippen MR) is 80.9 cm³/mol. The molecule has 1 aromatic heterocycles. The van der Waals surface area contributed by atoms with Crippen LogP contribution in [0.4, 0.5) is 5.69 Å². The number of aryl methyl sites for hydroxylation is 2. The van der Waals surface area contributed by atoms with Crippen molar-refractivity contribution in [3.05, 3.63) is 41.7 Å². The summed E-state index contributed by atoms with van der Waals surface area (Å²) in [4.78, 5) is 21.1. The molecule has 0 fully saturated rings. The summed E-state index contributed by atoms with van der Waals surface area (Å²) >= 11 is 1.43. The van der Waals surface area contributed by atoms with E-state index in [0.717, 1.165) is 16.3 Å². The molecule has 0 aliphatic carbocycles. The second-order valence-corrected chi connectivity index (χ2v) is 5.49. The first-order valence-corrected chi connectivity index (χ1v) is 7.15. The highest BCUT2D eigenvalue weighted by Gasteiger charge is 2.05. The molecule has 1 amide bonds. The monoisotopic (exact) mass is 298 g/mol. The van der Waals surface area contributed by atoms with Gasteiger partial charge in [-0.2, -0.15) is 5.26 Å². The molecule has 0 atom stereocenters. The van der Waals surface area contributed by atoms with Crippen molar-refractivity contribution in [2.24, 2.45) is 0 Å². The first kappa shape index (κ1) is 15.0. The summed E-state index contributed by atoms with van der Waals surface area (Å²) in [5.41, 5.74) is 2.50. The van der Waals surface area contributed by atoms with Crippen molar-refractivity contribution >= 4 is 23.4 Å². The zero-order chi connectivity index (χ0) is 15.2. The van der Waals surface area contributed by atoms with Gasteiger partial charge in [-0.05, 0) is 49.9 Å². The molecule has 2 aromatic rings. The van der Waals surface area contributed by atoms with Gasteiger partial charge in [0.1, 0.15) is 6.42 Å². The minimum Gasteiger partial charge on any atom is -0.325 e. The van der Waals surface area contributed by atoms with Gasteiger partial charge in [0.15, 0.2) is 5.16 Å². The molecular weight excluding hydrogens is 284 g/mol. The number of nitrogens with zero attached hydrogens (tertiary/aromatic N) is 3. The summed E-state index contributed by atoms with van der Waals surface area (Å²) in [5.74, 6) is -0.317. The third kappa shape index (κ3) is 4.58. The summed E-state index contributed by atoms with van der Waals surface area (Å²) in [6.45, 7) is 3.86. The molecule has 1 heterocycles. The molecule has 0 saturated heterocycles. The number of benzene rings is 1. The molecule has 106 valence electrons. The Bertz CT molecular complexity index is 689. The fourth-order valence-electron chi connectivity index (χ4n) is 1.76. The molecule has 0 radical (unpaired) electrons. The molecule has 0 saturated carbocycles. The average molecular weight is 298 g/mol. The number of amides is 1. The topological polar surface area (TPSA) is 78.7 Å². The highest BCUT2D eigenvalue weighted by atomic mass is 32.2. The summed E-state index contributed by atoms with van der Waals surface area (Å²) in [6.07, 6.45) is -0.155. The Morgan fingerprint density at radius 2 is 2.00 bits per heavy atom. The minimum absolute atomic E-state index is 0.155. The van der Waals surface area contributed by atoms with Gasteiger partial charge in [0.05, 0.1) is 6.07 Å². The number of carbonyl (C=O) groups excluding carboxylic acids is 1. The van der Waals surface area contributed by atoms with Crippen molar-refractivity contribution in [3.8, 4) is 6.07 Å². The maximum atomic E-state index is 11.4. The number of anilines is 1. The quantitative estimate of drug-likeness (QED) is 0.877. The molecule has 0 aliphatic rings. The van der Waals surface area contributed by atoms with E-state index in [1.165, 1.54) is 11.8 Å². The molecule has 21 heavy (non-hydrogen) atoms.